The highest BCUT2D eigenvalue weighted by atomic mass is 16.4. The van der Waals surface area contributed by atoms with E-state index in [1.165, 1.54) is 11.1 Å². The molecule has 4 nitrogen and oxygen atoms in total. The molecule has 23 heavy (non-hydrogen) atoms. The molecule has 2 aromatic heterocycles. The zero-order valence-electron chi connectivity index (χ0n) is 13.3. The van der Waals surface area contributed by atoms with E-state index < -0.39 is 0 Å². The van der Waals surface area contributed by atoms with Gasteiger partial charge in [-0.05, 0) is 34.8 Å². The van der Waals surface area contributed by atoms with Crippen LogP contribution in [-0.2, 0) is 6.42 Å². The summed E-state index contributed by atoms with van der Waals surface area (Å²) in [6.07, 6.45) is 8.03. The van der Waals surface area contributed by atoms with Crippen LogP contribution in [0, 0.1) is 0 Å². The lowest BCUT2D eigenvalue weighted by Gasteiger charge is -2.08. The lowest BCUT2D eigenvalue weighted by molar-refractivity contribution is 0.496. The second-order valence-corrected chi connectivity index (χ2v) is 5.69. The first-order valence-electron chi connectivity index (χ1n) is 7.70. The molecule has 3 rings (SSSR count). The Hall–Kier alpha value is -2.75. The topological polar surface area (TPSA) is 51.8 Å². The predicted molar refractivity (Wildman–Crippen MR) is 90.8 cm³/mol. The summed E-state index contributed by atoms with van der Waals surface area (Å²) in [5.41, 5.74) is 3.53. The van der Waals surface area contributed by atoms with E-state index in [4.69, 9.17) is 4.42 Å². The third-order valence-corrected chi connectivity index (χ3v) is 3.58. The number of benzene rings is 1. The van der Waals surface area contributed by atoms with Gasteiger partial charge in [-0.25, -0.2) is 0 Å². The molecule has 4 heteroatoms. The fourth-order valence-corrected chi connectivity index (χ4v) is 2.43. The van der Waals surface area contributed by atoms with Gasteiger partial charge in [-0.15, -0.1) is 10.2 Å². The third-order valence-electron chi connectivity index (χ3n) is 3.58. The molecule has 0 fully saturated rings. The first kappa shape index (κ1) is 15.2. The fourth-order valence-electron chi connectivity index (χ4n) is 2.43. The maximum Gasteiger partial charge on any atom is 0.240 e. The van der Waals surface area contributed by atoms with Gasteiger partial charge in [0.1, 0.15) is 0 Å². The number of pyridine rings is 1. The Bertz CT molecular complexity index is 791. The van der Waals surface area contributed by atoms with E-state index in [-0.39, 0.29) is 0 Å². The Morgan fingerprint density at radius 1 is 1.04 bits per heavy atom. The number of nitrogens with zero attached hydrogens (tertiary/aromatic N) is 3. The van der Waals surface area contributed by atoms with E-state index in [0.29, 0.717) is 24.1 Å². The zero-order valence-corrected chi connectivity index (χ0v) is 13.3. The van der Waals surface area contributed by atoms with Crippen molar-refractivity contribution in [1.29, 1.82) is 0 Å². The first-order chi connectivity index (χ1) is 11.2. The van der Waals surface area contributed by atoms with E-state index in [0.717, 1.165) is 5.56 Å². The molecule has 0 aliphatic rings. The van der Waals surface area contributed by atoms with Crippen molar-refractivity contribution in [2.45, 2.75) is 26.2 Å². The third kappa shape index (κ3) is 3.92. The summed E-state index contributed by atoms with van der Waals surface area (Å²) in [6, 6.07) is 12.2. The molecule has 0 radical (unpaired) electrons. The number of hydrogen-bond donors (Lipinski definition) is 0. The van der Waals surface area contributed by atoms with E-state index in [2.05, 4.69) is 47.2 Å². The largest absolute Gasteiger partial charge is 0.421 e. The summed E-state index contributed by atoms with van der Waals surface area (Å²) in [5.74, 6) is 1.58. The molecule has 0 spiro atoms. The smallest absolute Gasteiger partial charge is 0.240 e. The van der Waals surface area contributed by atoms with Crippen molar-refractivity contribution in [3.8, 4) is 0 Å². The molecule has 0 N–H and O–H groups in total. The van der Waals surface area contributed by atoms with Crippen molar-refractivity contribution >= 4 is 12.2 Å². The number of rotatable bonds is 5. The second kappa shape index (κ2) is 7.01. The van der Waals surface area contributed by atoms with Crippen LogP contribution in [0.4, 0.5) is 0 Å². The normalized spacial score (nSPS) is 11.4. The van der Waals surface area contributed by atoms with Gasteiger partial charge in [0.15, 0.2) is 0 Å². The van der Waals surface area contributed by atoms with Crippen molar-refractivity contribution in [3.63, 3.8) is 0 Å². The van der Waals surface area contributed by atoms with Crippen LogP contribution in [0.3, 0.4) is 0 Å². The highest BCUT2D eigenvalue weighted by molar-refractivity contribution is 5.68. The highest BCUT2D eigenvalue weighted by Gasteiger charge is 2.06. The van der Waals surface area contributed by atoms with Crippen molar-refractivity contribution in [1.82, 2.24) is 15.2 Å². The average Bonchev–Trinajstić information content (AvgIpc) is 3.01. The van der Waals surface area contributed by atoms with Crippen molar-refractivity contribution in [2.75, 3.05) is 0 Å². The Balaban J connectivity index is 1.74. The van der Waals surface area contributed by atoms with Gasteiger partial charge in [-0.2, -0.15) is 0 Å². The lowest BCUT2D eigenvalue weighted by atomic mass is 9.97. The lowest BCUT2D eigenvalue weighted by Crippen LogP contribution is -1.90. The van der Waals surface area contributed by atoms with Crippen LogP contribution in [-0.4, -0.2) is 15.2 Å². The van der Waals surface area contributed by atoms with Crippen LogP contribution in [0.1, 0.15) is 48.2 Å². The van der Waals surface area contributed by atoms with Crippen LogP contribution in [0.15, 0.2) is 53.2 Å². The minimum absolute atomic E-state index is 0.472. The van der Waals surface area contributed by atoms with Gasteiger partial charge in [0, 0.05) is 18.5 Å². The van der Waals surface area contributed by atoms with E-state index in [1.54, 1.807) is 12.4 Å². The monoisotopic (exact) mass is 305 g/mol. The van der Waals surface area contributed by atoms with Crippen molar-refractivity contribution in [2.24, 2.45) is 0 Å². The number of aromatic nitrogens is 3. The molecule has 0 saturated carbocycles. The molecule has 0 bridgehead atoms. The van der Waals surface area contributed by atoms with Crippen molar-refractivity contribution < 1.29 is 4.42 Å². The summed E-state index contributed by atoms with van der Waals surface area (Å²) in [4.78, 5) is 4.09. The van der Waals surface area contributed by atoms with Gasteiger partial charge in [0.2, 0.25) is 11.8 Å². The standard InChI is InChI=1S/C19H19N3O/c1-14(2)17-8-4-3-7-16(17)9-10-18-21-22-19(23-18)12-15-6-5-11-20-13-15/h3-11,13-14H,12H2,1-2H3/b10-9+. The van der Waals surface area contributed by atoms with Gasteiger partial charge in [0.05, 0.1) is 6.42 Å². The van der Waals surface area contributed by atoms with Crippen LogP contribution in [0.2, 0.25) is 0 Å². The molecule has 0 unspecified atom stereocenters. The molecule has 0 amide bonds. The summed E-state index contributed by atoms with van der Waals surface area (Å²) in [5, 5.41) is 8.16. The molecule has 116 valence electrons. The van der Waals surface area contributed by atoms with E-state index in [9.17, 15) is 0 Å². The van der Waals surface area contributed by atoms with Gasteiger partial charge >= 0.3 is 0 Å². The zero-order chi connectivity index (χ0) is 16.1. The van der Waals surface area contributed by atoms with E-state index >= 15 is 0 Å². The SMILES string of the molecule is CC(C)c1ccccc1/C=C/c1nnc(Cc2cccnc2)o1. The predicted octanol–water partition coefficient (Wildman–Crippen LogP) is 4.35. The maximum absolute atomic E-state index is 5.67. The summed E-state index contributed by atoms with van der Waals surface area (Å²) >= 11 is 0. The van der Waals surface area contributed by atoms with Crippen LogP contribution >= 0.6 is 0 Å². The Morgan fingerprint density at radius 3 is 2.70 bits per heavy atom. The van der Waals surface area contributed by atoms with Gasteiger partial charge in [0.25, 0.3) is 0 Å². The molecular weight excluding hydrogens is 286 g/mol. The van der Waals surface area contributed by atoms with Gasteiger partial charge < -0.3 is 4.42 Å². The van der Waals surface area contributed by atoms with Crippen LogP contribution < -0.4 is 0 Å². The molecule has 2 heterocycles. The van der Waals surface area contributed by atoms with Crippen molar-refractivity contribution in [3.05, 3.63) is 77.3 Å². The minimum Gasteiger partial charge on any atom is -0.421 e. The number of hydrogen-bond acceptors (Lipinski definition) is 4. The second-order valence-electron chi connectivity index (χ2n) is 5.69. The summed E-state index contributed by atoms with van der Waals surface area (Å²) in [7, 11) is 0. The molecule has 0 saturated heterocycles. The molecule has 1 aromatic carbocycles. The van der Waals surface area contributed by atoms with Gasteiger partial charge in [-0.3, -0.25) is 4.98 Å². The summed E-state index contributed by atoms with van der Waals surface area (Å²) < 4.78 is 5.67. The van der Waals surface area contributed by atoms with Crippen LogP contribution in [0.5, 0.6) is 0 Å². The first-order valence-corrected chi connectivity index (χ1v) is 7.70. The van der Waals surface area contributed by atoms with E-state index in [1.807, 2.05) is 30.4 Å². The molecule has 0 aliphatic carbocycles. The van der Waals surface area contributed by atoms with Gasteiger partial charge in [-0.1, -0.05) is 44.2 Å². The quantitative estimate of drug-likeness (QED) is 0.703. The maximum atomic E-state index is 5.67. The molecule has 0 atom stereocenters. The molecule has 3 aromatic rings. The Morgan fingerprint density at radius 2 is 1.91 bits per heavy atom. The molecular formula is C19H19N3O. The fraction of sp³-hybridized carbons (Fsp3) is 0.211. The summed E-state index contributed by atoms with van der Waals surface area (Å²) in [6.45, 7) is 4.37. The van der Waals surface area contributed by atoms with Crippen LogP contribution in [0.25, 0.3) is 12.2 Å². The molecule has 0 aliphatic heterocycles. The Kier molecular flexibility index (Phi) is 4.62. The highest BCUT2D eigenvalue weighted by Crippen LogP contribution is 2.21. The Labute approximate surface area is 135 Å². The average molecular weight is 305 g/mol. The minimum atomic E-state index is 0.472.